The second-order valence-corrected chi connectivity index (χ2v) is 7.75. The van der Waals surface area contributed by atoms with Crippen molar-refractivity contribution in [3.05, 3.63) is 70.4 Å². The lowest BCUT2D eigenvalue weighted by atomic mass is 9.91. The van der Waals surface area contributed by atoms with Crippen LogP contribution in [0.5, 0.6) is 0 Å². The van der Waals surface area contributed by atoms with E-state index in [1.165, 1.54) is 23.2 Å². The van der Waals surface area contributed by atoms with E-state index in [4.69, 9.17) is 0 Å². The molecule has 0 saturated carbocycles. The summed E-state index contributed by atoms with van der Waals surface area (Å²) in [6, 6.07) is 5.54. The Bertz CT molecular complexity index is 964. The molecule has 29 heavy (non-hydrogen) atoms. The number of carbonyl (C=O) groups excluding carboxylic acids is 3. The van der Waals surface area contributed by atoms with Crippen LogP contribution in [-0.4, -0.2) is 40.7 Å². The summed E-state index contributed by atoms with van der Waals surface area (Å²) in [7, 11) is 0. The Morgan fingerprint density at radius 2 is 2.10 bits per heavy atom. The van der Waals surface area contributed by atoms with E-state index in [1.54, 1.807) is 6.08 Å². The summed E-state index contributed by atoms with van der Waals surface area (Å²) in [5, 5.41) is 4.26. The van der Waals surface area contributed by atoms with Crippen molar-refractivity contribution in [1.29, 1.82) is 0 Å². The van der Waals surface area contributed by atoms with Gasteiger partial charge in [-0.3, -0.25) is 14.5 Å². The van der Waals surface area contributed by atoms with Crippen LogP contribution in [0, 0.1) is 11.6 Å². The molecule has 1 atom stereocenters. The Morgan fingerprint density at radius 3 is 2.76 bits per heavy atom. The number of benzene rings is 1. The van der Waals surface area contributed by atoms with E-state index >= 15 is 0 Å². The van der Waals surface area contributed by atoms with Gasteiger partial charge in [-0.1, -0.05) is 12.1 Å². The third-order valence-corrected chi connectivity index (χ3v) is 5.53. The molecule has 0 bridgehead atoms. The lowest BCUT2D eigenvalue weighted by Crippen LogP contribution is -2.44. The van der Waals surface area contributed by atoms with Gasteiger partial charge in [-0.05, 0) is 36.6 Å². The highest BCUT2D eigenvalue weighted by Crippen LogP contribution is 2.31. The van der Waals surface area contributed by atoms with Gasteiger partial charge in [-0.15, -0.1) is 17.9 Å². The average molecular weight is 419 g/mol. The summed E-state index contributed by atoms with van der Waals surface area (Å²) < 4.78 is 27.8. The number of amides is 4. The summed E-state index contributed by atoms with van der Waals surface area (Å²) in [6.45, 7) is 4.93. The fourth-order valence-corrected chi connectivity index (χ4v) is 3.86. The van der Waals surface area contributed by atoms with Crippen LogP contribution >= 0.6 is 11.3 Å². The molecule has 0 spiro atoms. The van der Waals surface area contributed by atoms with E-state index < -0.39 is 41.6 Å². The summed E-state index contributed by atoms with van der Waals surface area (Å²) in [5.41, 5.74) is -2.10. The number of nitrogens with zero attached hydrogens (tertiary/aromatic N) is 2. The molecule has 2 heterocycles. The fourth-order valence-electron chi connectivity index (χ4n) is 3.14. The highest BCUT2D eigenvalue weighted by Gasteiger charge is 2.51. The Balaban J connectivity index is 1.81. The van der Waals surface area contributed by atoms with Crippen LogP contribution in [0.25, 0.3) is 0 Å². The molecule has 1 fully saturated rings. The van der Waals surface area contributed by atoms with Crippen molar-refractivity contribution in [2.75, 3.05) is 13.1 Å². The number of hydrogen-bond acceptors (Lipinski definition) is 4. The number of urea groups is 1. The smallest absolute Gasteiger partial charge is 0.325 e. The van der Waals surface area contributed by atoms with Gasteiger partial charge >= 0.3 is 6.03 Å². The van der Waals surface area contributed by atoms with Crippen LogP contribution in [0.4, 0.5) is 13.6 Å². The lowest BCUT2D eigenvalue weighted by Gasteiger charge is -2.24. The van der Waals surface area contributed by atoms with Crippen LogP contribution < -0.4 is 5.32 Å². The van der Waals surface area contributed by atoms with Crippen molar-refractivity contribution < 1.29 is 23.2 Å². The van der Waals surface area contributed by atoms with Crippen LogP contribution in [0.3, 0.4) is 0 Å². The van der Waals surface area contributed by atoms with E-state index in [2.05, 4.69) is 11.9 Å². The van der Waals surface area contributed by atoms with E-state index in [-0.39, 0.29) is 12.1 Å². The highest BCUT2D eigenvalue weighted by molar-refractivity contribution is 7.09. The van der Waals surface area contributed by atoms with Crippen LogP contribution in [-0.2, 0) is 21.7 Å². The largest absolute Gasteiger partial charge is 0.332 e. The van der Waals surface area contributed by atoms with Crippen LogP contribution in [0.15, 0.2) is 48.4 Å². The van der Waals surface area contributed by atoms with Crippen molar-refractivity contribution >= 4 is 29.2 Å². The van der Waals surface area contributed by atoms with Gasteiger partial charge in [0.25, 0.3) is 5.91 Å². The molecule has 152 valence electrons. The second kappa shape index (κ2) is 8.12. The first-order valence-electron chi connectivity index (χ1n) is 8.77. The number of carbonyl (C=O) groups is 3. The Hall–Kier alpha value is -3.07. The van der Waals surface area contributed by atoms with Gasteiger partial charge in [0.15, 0.2) is 0 Å². The summed E-state index contributed by atoms with van der Waals surface area (Å²) in [5.74, 6) is -2.87. The quantitative estimate of drug-likeness (QED) is 0.554. The SMILES string of the molecule is C=CCN(Cc1cccs1)C(=O)CN1C(=O)NC(C)(c2cc(F)ccc2F)C1=O. The zero-order valence-electron chi connectivity index (χ0n) is 15.7. The summed E-state index contributed by atoms with van der Waals surface area (Å²) in [4.78, 5) is 41.2. The maximum atomic E-state index is 14.2. The number of imide groups is 1. The first-order valence-corrected chi connectivity index (χ1v) is 9.65. The van der Waals surface area contributed by atoms with Gasteiger partial charge in [0.05, 0.1) is 6.54 Å². The molecule has 0 aliphatic carbocycles. The van der Waals surface area contributed by atoms with Gasteiger partial charge in [0.1, 0.15) is 23.7 Å². The minimum Gasteiger partial charge on any atom is -0.332 e. The first kappa shape index (κ1) is 20.7. The third-order valence-electron chi connectivity index (χ3n) is 4.66. The maximum absolute atomic E-state index is 14.2. The summed E-state index contributed by atoms with van der Waals surface area (Å²) in [6.07, 6.45) is 1.55. The molecular weight excluding hydrogens is 400 g/mol. The Labute approximate surface area is 170 Å². The molecule has 3 rings (SSSR count). The molecule has 1 aliphatic rings. The van der Waals surface area contributed by atoms with Crippen molar-refractivity contribution in [2.24, 2.45) is 0 Å². The monoisotopic (exact) mass is 419 g/mol. The van der Waals surface area contributed by atoms with Crippen LogP contribution in [0.1, 0.15) is 17.4 Å². The molecule has 1 aliphatic heterocycles. The molecular formula is C20H19F2N3O3S. The predicted octanol–water partition coefficient (Wildman–Crippen LogP) is 3.01. The van der Waals surface area contributed by atoms with Gasteiger partial charge in [-0.25, -0.2) is 13.6 Å². The van der Waals surface area contributed by atoms with Crippen LogP contribution in [0.2, 0.25) is 0 Å². The lowest BCUT2D eigenvalue weighted by molar-refractivity contribution is -0.139. The average Bonchev–Trinajstić information content (AvgIpc) is 3.26. The zero-order chi connectivity index (χ0) is 21.2. The minimum atomic E-state index is -1.80. The minimum absolute atomic E-state index is 0.232. The number of thiophene rings is 1. The molecule has 1 unspecified atom stereocenters. The second-order valence-electron chi connectivity index (χ2n) is 6.71. The fraction of sp³-hybridized carbons (Fsp3) is 0.250. The van der Waals surface area contributed by atoms with Crippen molar-refractivity contribution in [2.45, 2.75) is 19.0 Å². The van der Waals surface area contributed by atoms with Crippen molar-refractivity contribution in [1.82, 2.24) is 15.1 Å². The molecule has 1 saturated heterocycles. The maximum Gasteiger partial charge on any atom is 0.325 e. The van der Waals surface area contributed by atoms with Gasteiger partial charge in [0, 0.05) is 17.0 Å². The van der Waals surface area contributed by atoms with Gasteiger partial charge in [0.2, 0.25) is 5.91 Å². The highest BCUT2D eigenvalue weighted by atomic mass is 32.1. The van der Waals surface area contributed by atoms with E-state index in [9.17, 15) is 23.2 Å². The molecule has 0 radical (unpaired) electrons. The van der Waals surface area contributed by atoms with Gasteiger partial charge < -0.3 is 10.2 Å². The number of halogens is 2. The molecule has 6 nitrogen and oxygen atoms in total. The van der Waals surface area contributed by atoms with Crippen molar-refractivity contribution in [3.63, 3.8) is 0 Å². The normalized spacial score (nSPS) is 18.7. The standard InChI is InChI=1S/C20H19F2N3O3S/c1-3-8-24(11-14-5-4-9-29-14)17(26)12-25-18(27)20(2,23-19(25)28)15-10-13(21)6-7-16(15)22/h3-7,9-10H,1,8,11-12H2,2H3,(H,23,28). The Morgan fingerprint density at radius 1 is 1.34 bits per heavy atom. The topological polar surface area (TPSA) is 69.7 Å². The Kier molecular flexibility index (Phi) is 5.78. The molecule has 1 aromatic carbocycles. The molecule has 1 N–H and O–H groups in total. The van der Waals surface area contributed by atoms with E-state index in [1.807, 2.05) is 17.5 Å². The van der Waals surface area contributed by atoms with Crippen molar-refractivity contribution in [3.8, 4) is 0 Å². The molecule has 9 heteroatoms. The number of hydrogen-bond donors (Lipinski definition) is 1. The zero-order valence-corrected chi connectivity index (χ0v) is 16.5. The van der Waals surface area contributed by atoms with E-state index in [0.717, 1.165) is 28.0 Å². The van der Waals surface area contributed by atoms with E-state index in [0.29, 0.717) is 6.54 Å². The van der Waals surface area contributed by atoms with Gasteiger partial charge in [-0.2, -0.15) is 0 Å². The molecule has 1 aromatic heterocycles. The summed E-state index contributed by atoms with van der Waals surface area (Å²) >= 11 is 1.47. The predicted molar refractivity (Wildman–Crippen MR) is 104 cm³/mol. The molecule has 2 aromatic rings. The first-order chi connectivity index (χ1) is 13.8. The molecule has 4 amide bonds. The number of nitrogens with one attached hydrogen (secondary N) is 1. The number of rotatable bonds is 7. The third kappa shape index (κ3) is 4.04.